The molecule has 0 spiro atoms. The lowest BCUT2D eigenvalue weighted by Crippen LogP contribution is -2.44. The van der Waals surface area contributed by atoms with Crippen molar-refractivity contribution < 1.29 is 38.5 Å². The molecule has 1 saturated heterocycles. The van der Waals surface area contributed by atoms with Crippen LogP contribution in [0.3, 0.4) is 0 Å². The van der Waals surface area contributed by atoms with Crippen molar-refractivity contribution in [2.75, 3.05) is 6.61 Å². The molecular formula is C22H19NO8S2. The van der Waals surface area contributed by atoms with E-state index in [0.717, 1.165) is 16.7 Å². The summed E-state index contributed by atoms with van der Waals surface area (Å²) < 4.78 is 10.8. The lowest BCUT2D eigenvalue weighted by atomic mass is 10.1. The Morgan fingerprint density at radius 2 is 1.88 bits per heavy atom. The van der Waals surface area contributed by atoms with Gasteiger partial charge in [-0.05, 0) is 37.6 Å². The summed E-state index contributed by atoms with van der Waals surface area (Å²) in [7, 11) is 0. The fourth-order valence-electron chi connectivity index (χ4n) is 3.07. The molecule has 0 saturated carbocycles. The van der Waals surface area contributed by atoms with Gasteiger partial charge in [-0.25, -0.2) is 9.59 Å². The molecule has 0 unspecified atom stereocenters. The summed E-state index contributed by atoms with van der Waals surface area (Å²) in [5.74, 6) is -2.70. The number of rotatable bonds is 9. The van der Waals surface area contributed by atoms with Gasteiger partial charge in [0.25, 0.3) is 5.91 Å². The van der Waals surface area contributed by atoms with Crippen molar-refractivity contribution in [2.24, 2.45) is 0 Å². The molecule has 33 heavy (non-hydrogen) atoms. The zero-order chi connectivity index (χ0) is 24.1. The second kappa shape index (κ2) is 10.5. The van der Waals surface area contributed by atoms with E-state index in [1.807, 2.05) is 0 Å². The number of hydrogen-bond donors (Lipinski definition) is 2. The van der Waals surface area contributed by atoms with Crippen LogP contribution in [0, 0.1) is 0 Å². The van der Waals surface area contributed by atoms with Crippen LogP contribution in [0.4, 0.5) is 0 Å². The second-order valence-corrected chi connectivity index (χ2v) is 8.51. The molecule has 1 aromatic carbocycles. The summed E-state index contributed by atoms with van der Waals surface area (Å²) in [5, 5.41) is 18.3. The maximum Gasteiger partial charge on any atom is 0.338 e. The maximum absolute atomic E-state index is 12.8. The number of ether oxygens (including phenoxy) is 1. The Hall–Kier alpha value is -3.44. The summed E-state index contributed by atoms with van der Waals surface area (Å²) in [4.78, 5) is 48.1. The second-order valence-electron chi connectivity index (χ2n) is 6.84. The van der Waals surface area contributed by atoms with Gasteiger partial charge in [0, 0.05) is 18.1 Å². The first-order valence-corrected chi connectivity index (χ1v) is 11.0. The molecule has 11 heteroatoms. The molecule has 3 rings (SSSR count). The van der Waals surface area contributed by atoms with Gasteiger partial charge in [-0.1, -0.05) is 36.1 Å². The van der Waals surface area contributed by atoms with Crippen molar-refractivity contribution in [1.82, 2.24) is 4.90 Å². The third kappa shape index (κ3) is 5.68. The van der Waals surface area contributed by atoms with Crippen LogP contribution in [0.5, 0.6) is 0 Å². The number of carbonyl (C=O) groups is 4. The molecule has 0 aliphatic carbocycles. The molecule has 9 nitrogen and oxygen atoms in total. The predicted octanol–water partition coefficient (Wildman–Crippen LogP) is 3.64. The van der Waals surface area contributed by atoms with Crippen molar-refractivity contribution in [1.29, 1.82) is 0 Å². The average molecular weight is 490 g/mol. The van der Waals surface area contributed by atoms with E-state index in [1.165, 1.54) is 6.08 Å². The molecule has 1 aliphatic rings. The Morgan fingerprint density at radius 3 is 2.48 bits per heavy atom. The standard InChI is InChI=1S/C22H19NO8S2/c1-2-30-21(29)13-5-3-12(4-6-13)16-9-7-14(31-16)11-17-19(26)23(22(32)33-17)15(20(27)28)8-10-18(24)25/h3-7,9,11,15H,2,8,10H2,1H3,(H,24,25)(H,27,28)/b17-11+/t15-/m0/s1. The summed E-state index contributed by atoms with van der Waals surface area (Å²) >= 11 is 6.09. The zero-order valence-corrected chi connectivity index (χ0v) is 19.0. The summed E-state index contributed by atoms with van der Waals surface area (Å²) in [6.45, 7) is 2.00. The summed E-state index contributed by atoms with van der Waals surface area (Å²) in [5.41, 5.74) is 1.11. The lowest BCUT2D eigenvalue weighted by molar-refractivity contribution is -0.146. The van der Waals surface area contributed by atoms with E-state index in [9.17, 15) is 24.3 Å². The van der Waals surface area contributed by atoms with Crippen LogP contribution in [0.15, 0.2) is 45.7 Å². The quantitative estimate of drug-likeness (QED) is 0.305. The zero-order valence-electron chi connectivity index (χ0n) is 17.3. The molecule has 0 radical (unpaired) electrons. The van der Waals surface area contributed by atoms with Gasteiger partial charge >= 0.3 is 17.9 Å². The highest BCUT2D eigenvalue weighted by Gasteiger charge is 2.40. The van der Waals surface area contributed by atoms with Crippen LogP contribution < -0.4 is 0 Å². The third-order valence-electron chi connectivity index (χ3n) is 4.63. The van der Waals surface area contributed by atoms with Gasteiger partial charge < -0.3 is 19.4 Å². The van der Waals surface area contributed by atoms with Crippen molar-refractivity contribution in [3.63, 3.8) is 0 Å². The van der Waals surface area contributed by atoms with Gasteiger partial charge in [-0.15, -0.1) is 0 Å². The van der Waals surface area contributed by atoms with Gasteiger partial charge in [0.05, 0.1) is 17.1 Å². The number of nitrogens with zero attached hydrogens (tertiary/aromatic N) is 1. The van der Waals surface area contributed by atoms with E-state index < -0.39 is 36.3 Å². The van der Waals surface area contributed by atoms with Gasteiger partial charge in [0.1, 0.15) is 21.9 Å². The molecule has 2 N–H and O–H groups in total. The van der Waals surface area contributed by atoms with Crippen LogP contribution >= 0.6 is 24.0 Å². The molecule has 0 bridgehead atoms. The molecule has 1 amide bonds. The smallest absolute Gasteiger partial charge is 0.338 e. The lowest BCUT2D eigenvalue weighted by Gasteiger charge is -2.22. The van der Waals surface area contributed by atoms with Crippen LogP contribution in [0.2, 0.25) is 0 Å². The van der Waals surface area contributed by atoms with E-state index in [-0.39, 0.29) is 22.3 Å². The minimum Gasteiger partial charge on any atom is -0.481 e. The molecule has 1 fully saturated rings. The highest BCUT2D eigenvalue weighted by Crippen LogP contribution is 2.35. The van der Waals surface area contributed by atoms with E-state index in [0.29, 0.717) is 22.6 Å². The van der Waals surface area contributed by atoms with Gasteiger partial charge in [-0.3, -0.25) is 14.5 Å². The topological polar surface area (TPSA) is 134 Å². The number of carboxylic acid groups (broad SMARTS) is 2. The van der Waals surface area contributed by atoms with Crippen LogP contribution in [0.1, 0.15) is 35.9 Å². The number of furan rings is 1. The van der Waals surface area contributed by atoms with Crippen molar-refractivity contribution in [2.45, 2.75) is 25.8 Å². The maximum atomic E-state index is 12.8. The first-order valence-electron chi connectivity index (χ1n) is 9.80. The largest absolute Gasteiger partial charge is 0.481 e. The molecule has 1 aliphatic heterocycles. The van der Waals surface area contributed by atoms with Crippen molar-refractivity contribution >= 4 is 58.2 Å². The van der Waals surface area contributed by atoms with Crippen molar-refractivity contribution in [3.8, 4) is 11.3 Å². The molecule has 1 aromatic heterocycles. The minimum absolute atomic E-state index is 0.0328. The van der Waals surface area contributed by atoms with Crippen LogP contribution in [0.25, 0.3) is 17.4 Å². The Bertz CT molecular complexity index is 1140. The van der Waals surface area contributed by atoms with Gasteiger partial charge in [-0.2, -0.15) is 0 Å². The normalized spacial score (nSPS) is 15.7. The van der Waals surface area contributed by atoms with Crippen LogP contribution in [-0.2, 0) is 19.1 Å². The van der Waals surface area contributed by atoms with Gasteiger partial charge in [0.15, 0.2) is 0 Å². The third-order valence-corrected chi connectivity index (χ3v) is 5.96. The van der Waals surface area contributed by atoms with E-state index in [2.05, 4.69) is 0 Å². The first-order chi connectivity index (χ1) is 15.7. The summed E-state index contributed by atoms with van der Waals surface area (Å²) in [6.07, 6.45) is 0.770. The number of thioether (sulfide) groups is 1. The Morgan fingerprint density at radius 1 is 1.18 bits per heavy atom. The van der Waals surface area contributed by atoms with Crippen LogP contribution in [-0.4, -0.2) is 55.9 Å². The number of amides is 1. The molecular weight excluding hydrogens is 470 g/mol. The number of aliphatic carboxylic acids is 2. The number of benzene rings is 1. The Balaban J connectivity index is 1.77. The van der Waals surface area contributed by atoms with Crippen molar-refractivity contribution in [3.05, 3.63) is 52.6 Å². The fraction of sp³-hybridized carbons (Fsp3) is 0.227. The SMILES string of the molecule is CCOC(=O)c1ccc(-c2ccc(/C=C3/SC(=S)N([C@@H](CCC(=O)O)C(=O)O)C3=O)o2)cc1. The van der Waals surface area contributed by atoms with Gasteiger partial charge in [0.2, 0.25) is 0 Å². The molecule has 2 heterocycles. The predicted molar refractivity (Wildman–Crippen MR) is 123 cm³/mol. The number of thiocarbonyl (C=S) groups is 1. The van der Waals surface area contributed by atoms with E-state index in [1.54, 1.807) is 43.3 Å². The number of esters is 1. The number of carbonyl (C=O) groups excluding carboxylic acids is 2. The Labute approximate surface area is 198 Å². The monoisotopic (exact) mass is 489 g/mol. The molecule has 1 atom stereocenters. The summed E-state index contributed by atoms with van der Waals surface area (Å²) in [6, 6.07) is 8.60. The highest BCUT2D eigenvalue weighted by atomic mass is 32.2. The fourth-order valence-corrected chi connectivity index (χ4v) is 4.41. The Kier molecular flexibility index (Phi) is 7.67. The number of hydrogen-bond acceptors (Lipinski definition) is 8. The average Bonchev–Trinajstić information content (AvgIpc) is 3.34. The number of carboxylic acids is 2. The van der Waals surface area contributed by atoms with E-state index in [4.69, 9.17) is 26.5 Å². The molecule has 172 valence electrons. The van der Waals surface area contributed by atoms with E-state index >= 15 is 0 Å². The highest BCUT2D eigenvalue weighted by molar-refractivity contribution is 8.26. The molecule has 2 aromatic rings. The minimum atomic E-state index is -1.37. The first kappa shape index (κ1) is 24.2.